The highest BCUT2D eigenvalue weighted by Crippen LogP contribution is 2.33. The number of hydrogen-bond donors (Lipinski definition) is 1. The van der Waals surface area contributed by atoms with Crippen molar-refractivity contribution >= 4 is 33.3 Å². The van der Waals surface area contributed by atoms with Crippen LogP contribution in [-0.4, -0.2) is 53.2 Å². The summed E-state index contributed by atoms with van der Waals surface area (Å²) in [6.07, 6.45) is -0.0720. The summed E-state index contributed by atoms with van der Waals surface area (Å²) in [5, 5.41) is 9.11. The van der Waals surface area contributed by atoms with Crippen LogP contribution in [0.4, 0.5) is 11.4 Å². The third-order valence-electron chi connectivity index (χ3n) is 5.01. The number of carbonyl (C=O) groups is 2. The van der Waals surface area contributed by atoms with Crippen molar-refractivity contribution in [1.82, 2.24) is 0 Å². The largest absolute Gasteiger partial charge is 0.493 e. The molecule has 1 unspecified atom stereocenters. The number of hydrogen-bond acceptors (Lipinski definition) is 6. The second-order valence-electron chi connectivity index (χ2n) is 6.75. The molecule has 1 atom stereocenters. The monoisotopic (exact) mass is 434 g/mol. The van der Waals surface area contributed by atoms with Gasteiger partial charge in [-0.1, -0.05) is 0 Å². The molecule has 1 heterocycles. The molecule has 30 heavy (non-hydrogen) atoms. The van der Waals surface area contributed by atoms with E-state index in [9.17, 15) is 18.0 Å². The van der Waals surface area contributed by atoms with Crippen molar-refractivity contribution in [3.63, 3.8) is 0 Å². The van der Waals surface area contributed by atoms with Gasteiger partial charge in [0, 0.05) is 31.8 Å². The Labute approximate surface area is 174 Å². The number of carboxylic acid groups (broad SMARTS) is 1. The van der Waals surface area contributed by atoms with Gasteiger partial charge in [-0.2, -0.15) is 0 Å². The molecule has 0 spiro atoms. The topological polar surface area (TPSA) is 113 Å². The van der Waals surface area contributed by atoms with Gasteiger partial charge in [-0.15, -0.1) is 0 Å². The van der Waals surface area contributed by atoms with Gasteiger partial charge in [0.15, 0.2) is 11.5 Å². The number of carbonyl (C=O) groups excluding carboxylic acids is 1. The van der Waals surface area contributed by atoms with Gasteiger partial charge < -0.3 is 19.5 Å². The molecule has 1 aliphatic rings. The van der Waals surface area contributed by atoms with Crippen LogP contribution in [0.5, 0.6) is 11.5 Å². The molecule has 0 aromatic heterocycles. The summed E-state index contributed by atoms with van der Waals surface area (Å²) in [7, 11) is 0.498. The van der Waals surface area contributed by atoms with Crippen LogP contribution < -0.4 is 18.7 Å². The summed E-state index contributed by atoms with van der Waals surface area (Å²) in [6, 6.07) is 10.5. The van der Waals surface area contributed by atoms with E-state index in [2.05, 4.69) is 0 Å². The Balaban J connectivity index is 1.85. The third kappa shape index (κ3) is 3.90. The maximum Gasteiger partial charge on any atom is 0.308 e. The van der Waals surface area contributed by atoms with Gasteiger partial charge in [-0.05, 0) is 36.4 Å². The summed E-state index contributed by atoms with van der Waals surface area (Å²) in [4.78, 5) is 24.6. The Hall–Kier alpha value is -3.27. The zero-order chi connectivity index (χ0) is 22.1. The molecule has 0 saturated carbocycles. The number of anilines is 2. The lowest BCUT2D eigenvalue weighted by Crippen LogP contribution is -2.27. The van der Waals surface area contributed by atoms with E-state index in [1.807, 2.05) is 0 Å². The van der Waals surface area contributed by atoms with E-state index in [4.69, 9.17) is 14.6 Å². The second kappa shape index (κ2) is 8.23. The van der Waals surface area contributed by atoms with E-state index >= 15 is 0 Å². The molecule has 0 bridgehead atoms. The fraction of sp³-hybridized carbons (Fsp3) is 0.300. The van der Waals surface area contributed by atoms with Crippen molar-refractivity contribution in [2.45, 2.75) is 11.3 Å². The number of ether oxygens (including phenoxy) is 2. The minimum absolute atomic E-state index is 0.0324. The van der Waals surface area contributed by atoms with Crippen molar-refractivity contribution in [3.8, 4) is 11.5 Å². The van der Waals surface area contributed by atoms with E-state index in [-0.39, 0.29) is 23.8 Å². The van der Waals surface area contributed by atoms with E-state index in [0.29, 0.717) is 22.9 Å². The molecule has 1 N–H and O–H groups in total. The van der Waals surface area contributed by atoms with Crippen LogP contribution in [0.3, 0.4) is 0 Å². The van der Waals surface area contributed by atoms with E-state index in [0.717, 1.165) is 4.31 Å². The highest BCUT2D eigenvalue weighted by Gasteiger charge is 2.35. The first-order valence-electron chi connectivity index (χ1n) is 9.03. The van der Waals surface area contributed by atoms with Crippen molar-refractivity contribution in [1.29, 1.82) is 0 Å². The molecule has 2 aromatic carbocycles. The van der Waals surface area contributed by atoms with Gasteiger partial charge in [0.05, 0.1) is 30.7 Å². The zero-order valence-electron chi connectivity index (χ0n) is 16.7. The fourth-order valence-electron chi connectivity index (χ4n) is 3.24. The molecule has 0 aliphatic carbocycles. The number of aliphatic carboxylic acids is 1. The van der Waals surface area contributed by atoms with Crippen LogP contribution >= 0.6 is 0 Å². The zero-order valence-corrected chi connectivity index (χ0v) is 17.5. The predicted octanol–water partition coefficient (Wildman–Crippen LogP) is 1.97. The van der Waals surface area contributed by atoms with Crippen LogP contribution in [0.1, 0.15) is 6.42 Å². The van der Waals surface area contributed by atoms with E-state index in [1.165, 1.54) is 50.4 Å². The van der Waals surface area contributed by atoms with Gasteiger partial charge in [0.1, 0.15) is 0 Å². The van der Waals surface area contributed by atoms with Gasteiger partial charge >= 0.3 is 5.97 Å². The second-order valence-corrected chi connectivity index (χ2v) is 8.72. The lowest BCUT2D eigenvalue weighted by atomic mass is 10.1. The lowest BCUT2D eigenvalue weighted by Gasteiger charge is -2.21. The van der Waals surface area contributed by atoms with E-state index < -0.39 is 21.9 Å². The Morgan fingerprint density at radius 2 is 1.73 bits per heavy atom. The fourth-order valence-corrected chi connectivity index (χ4v) is 4.43. The molecule has 1 saturated heterocycles. The summed E-state index contributed by atoms with van der Waals surface area (Å²) in [6.45, 7) is 0.0613. The van der Waals surface area contributed by atoms with Gasteiger partial charge in [0.2, 0.25) is 5.91 Å². The summed E-state index contributed by atoms with van der Waals surface area (Å²) >= 11 is 0. The van der Waals surface area contributed by atoms with Gasteiger partial charge in [0.25, 0.3) is 10.0 Å². The Kier molecular flexibility index (Phi) is 5.88. The maximum absolute atomic E-state index is 13.0. The van der Waals surface area contributed by atoms with Crippen molar-refractivity contribution in [2.24, 2.45) is 5.92 Å². The van der Waals surface area contributed by atoms with Gasteiger partial charge in [-0.25, -0.2) is 8.42 Å². The number of benzene rings is 2. The molecule has 160 valence electrons. The van der Waals surface area contributed by atoms with Crippen LogP contribution in [0.25, 0.3) is 0 Å². The summed E-state index contributed by atoms with van der Waals surface area (Å²) < 4.78 is 37.6. The third-order valence-corrected chi connectivity index (χ3v) is 6.81. The minimum atomic E-state index is -3.88. The standard InChI is InChI=1S/C20H22N2O7S/c1-21(15-6-9-17(28-2)18(11-15)29-3)30(26,27)16-7-4-14(5-8-16)22-12-13(20(24)25)10-19(22)23/h4-9,11,13H,10,12H2,1-3H3,(H,24,25). The normalized spacial score (nSPS) is 16.4. The molecule has 3 rings (SSSR count). The molecule has 1 amide bonds. The lowest BCUT2D eigenvalue weighted by molar-refractivity contribution is -0.141. The first-order chi connectivity index (χ1) is 14.2. The summed E-state index contributed by atoms with van der Waals surface area (Å²) in [5.74, 6) is -1.22. The predicted molar refractivity (Wildman–Crippen MR) is 110 cm³/mol. The van der Waals surface area contributed by atoms with Crippen molar-refractivity contribution in [2.75, 3.05) is 37.0 Å². The SMILES string of the molecule is COc1ccc(N(C)S(=O)(=O)c2ccc(N3CC(C(=O)O)CC3=O)cc2)cc1OC. The van der Waals surface area contributed by atoms with Crippen LogP contribution in [0, 0.1) is 5.92 Å². The Bertz CT molecular complexity index is 1070. The molecule has 1 aliphatic heterocycles. The number of rotatable bonds is 7. The van der Waals surface area contributed by atoms with Gasteiger partial charge in [-0.3, -0.25) is 13.9 Å². The molecule has 0 radical (unpaired) electrons. The quantitative estimate of drug-likeness (QED) is 0.709. The Morgan fingerprint density at radius 1 is 1.10 bits per heavy atom. The highest BCUT2D eigenvalue weighted by atomic mass is 32.2. The number of methoxy groups -OCH3 is 2. The average Bonchev–Trinajstić information content (AvgIpc) is 3.14. The van der Waals surface area contributed by atoms with Crippen LogP contribution in [0.15, 0.2) is 47.4 Å². The smallest absolute Gasteiger partial charge is 0.308 e. The summed E-state index contributed by atoms with van der Waals surface area (Å²) in [5.41, 5.74) is 0.840. The average molecular weight is 434 g/mol. The van der Waals surface area contributed by atoms with Crippen LogP contribution in [-0.2, 0) is 19.6 Å². The van der Waals surface area contributed by atoms with Crippen LogP contribution in [0.2, 0.25) is 0 Å². The molecule has 9 nitrogen and oxygen atoms in total. The first kappa shape index (κ1) is 21.4. The number of sulfonamides is 1. The van der Waals surface area contributed by atoms with Crippen molar-refractivity contribution in [3.05, 3.63) is 42.5 Å². The number of amides is 1. The Morgan fingerprint density at radius 3 is 2.27 bits per heavy atom. The molecular weight excluding hydrogens is 412 g/mol. The van der Waals surface area contributed by atoms with Crippen molar-refractivity contribution < 1.29 is 32.6 Å². The van der Waals surface area contributed by atoms with E-state index in [1.54, 1.807) is 18.2 Å². The molecule has 10 heteroatoms. The molecule has 2 aromatic rings. The molecular formula is C20H22N2O7S. The maximum atomic E-state index is 13.0. The molecule has 1 fully saturated rings. The first-order valence-corrected chi connectivity index (χ1v) is 10.5. The highest BCUT2D eigenvalue weighted by molar-refractivity contribution is 7.92. The number of nitrogens with zero attached hydrogens (tertiary/aromatic N) is 2. The number of carboxylic acids is 1. The minimum Gasteiger partial charge on any atom is -0.493 e.